The van der Waals surface area contributed by atoms with Crippen molar-refractivity contribution in [1.29, 1.82) is 0 Å². The number of H-pyrrole nitrogens is 1. The molecule has 4 N–H and O–H groups in total. The maximum Gasteiger partial charge on any atom is 0.257 e. The average molecular weight is 322 g/mol. The summed E-state index contributed by atoms with van der Waals surface area (Å²) in [7, 11) is 0. The molecule has 0 aliphatic rings. The summed E-state index contributed by atoms with van der Waals surface area (Å²) in [5.74, 6) is -0.340. The maximum atomic E-state index is 12.0. The van der Waals surface area contributed by atoms with Crippen molar-refractivity contribution in [3.05, 3.63) is 56.4 Å². The minimum absolute atomic E-state index is 0.257. The number of nitrogens with two attached hydrogens (primary N) is 1. The van der Waals surface area contributed by atoms with E-state index in [0.717, 1.165) is 5.56 Å². The molecule has 0 saturated carbocycles. The lowest BCUT2D eigenvalue weighted by atomic mass is 10.2. The third-order valence-electron chi connectivity index (χ3n) is 2.55. The first-order chi connectivity index (χ1) is 8.97. The standard InChI is InChI=1S/C13H12BrN3O2/c1-7-4-9(14)12(10(15)5-7)17-13(19)8-2-3-11(18)16-6-8/h2-6H,15H2,1H3,(H,16,18)(H,17,19). The number of halogens is 1. The third-order valence-corrected chi connectivity index (χ3v) is 3.18. The van der Waals surface area contributed by atoms with Crippen molar-refractivity contribution in [3.63, 3.8) is 0 Å². The van der Waals surface area contributed by atoms with Crippen LogP contribution in [0.15, 0.2) is 39.7 Å². The number of aromatic nitrogens is 1. The van der Waals surface area contributed by atoms with Crippen LogP contribution in [0.25, 0.3) is 0 Å². The van der Waals surface area contributed by atoms with Gasteiger partial charge in [-0.2, -0.15) is 0 Å². The SMILES string of the molecule is Cc1cc(N)c(NC(=O)c2ccc(=O)[nH]c2)c(Br)c1. The number of nitrogens with one attached hydrogen (secondary N) is 2. The van der Waals surface area contributed by atoms with E-state index < -0.39 is 0 Å². The third kappa shape index (κ3) is 3.03. The predicted octanol–water partition coefficient (Wildman–Crippen LogP) is 2.28. The molecule has 2 rings (SSSR count). The summed E-state index contributed by atoms with van der Waals surface area (Å²) in [6.07, 6.45) is 1.36. The molecule has 0 aliphatic heterocycles. The van der Waals surface area contributed by atoms with Gasteiger partial charge in [-0.3, -0.25) is 9.59 Å². The number of carbonyl (C=O) groups excluding carboxylic acids is 1. The molecule has 2 aromatic rings. The molecule has 1 aromatic carbocycles. The van der Waals surface area contributed by atoms with E-state index in [2.05, 4.69) is 26.2 Å². The molecule has 0 unspecified atom stereocenters. The van der Waals surface area contributed by atoms with Crippen LogP contribution in [-0.4, -0.2) is 10.9 Å². The number of aromatic amines is 1. The normalized spacial score (nSPS) is 10.2. The summed E-state index contributed by atoms with van der Waals surface area (Å²) in [6.45, 7) is 1.91. The number of benzene rings is 1. The monoisotopic (exact) mass is 321 g/mol. The molecule has 19 heavy (non-hydrogen) atoms. The van der Waals surface area contributed by atoms with Crippen molar-refractivity contribution in [1.82, 2.24) is 4.98 Å². The first kappa shape index (κ1) is 13.4. The van der Waals surface area contributed by atoms with Gasteiger partial charge in [0, 0.05) is 16.7 Å². The van der Waals surface area contributed by atoms with Crippen LogP contribution in [0, 0.1) is 6.92 Å². The Labute approximate surface area is 118 Å². The van der Waals surface area contributed by atoms with Crippen LogP contribution in [0.1, 0.15) is 15.9 Å². The van der Waals surface area contributed by atoms with Gasteiger partial charge in [0.05, 0.1) is 16.9 Å². The number of pyridine rings is 1. The van der Waals surface area contributed by atoms with Gasteiger partial charge in [0.2, 0.25) is 5.56 Å². The molecule has 0 saturated heterocycles. The number of amides is 1. The molecule has 6 heteroatoms. The fourth-order valence-corrected chi connectivity index (χ4v) is 2.33. The summed E-state index contributed by atoms with van der Waals surface area (Å²) in [5, 5.41) is 2.71. The van der Waals surface area contributed by atoms with Crippen molar-refractivity contribution in [2.75, 3.05) is 11.1 Å². The molecule has 98 valence electrons. The number of rotatable bonds is 2. The molecule has 0 bridgehead atoms. The van der Waals surface area contributed by atoms with Gasteiger partial charge in [-0.15, -0.1) is 0 Å². The number of hydrogen-bond donors (Lipinski definition) is 3. The van der Waals surface area contributed by atoms with Gasteiger partial charge in [0.25, 0.3) is 5.91 Å². The molecular formula is C13H12BrN3O2. The van der Waals surface area contributed by atoms with Crippen molar-refractivity contribution >= 4 is 33.2 Å². The molecule has 5 nitrogen and oxygen atoms in total. The number of carbonyl (C=O) groups is 1. The van der Waals surface area contributed by atoms with Crippen molar-refractivity contribution < 1.29 is 4.79 Å². The second-order valence-electron chi connectivity index (χ2n) is 4.11. The summed E-state index contributed by atoms with van der Waals surface area (Å²) in [5.41, 5.74) is 7.95. The van der Waals surface area contributed by atoms with Crippen LogP contribution >= 0.6 is 15.9 Å². The van der Waals surface area contributed by atoms with Gasteiger partial charge in [-0.25, -0.2) is 0 Å². The Morgan fingerprint density at radius 3 is 2.68 bits per heavy atom. The fourth-order valence-electron chi connectivity index (χ4n) is 1.64. The van der Waals surface area contributed by atoms with E-state index in [1.54, 1.807) is 6.07 Å². The zero-order chi connectivity index (χ0) is 14.0. The lowest BCUT2D eigenvalue weighted by Gasteiger charge is -2.11. The van der Waals surface area contributed by atoms with E-state index in [4.69, 9.17) is 5.73 Å². The predicted molar refractivity (Wildman–Crippen MR) is 78.3 cm³/mol. The molecule has 1 heterocycles. The van der Waals surface area contributed by atoms with E-state index in [0.29, 0.717) is 21.4 Å². The van der Waals surface area contributed by atoms with Crippen molar-refractivity contribution in [2.45, 2.75) is 6.92 Å². The lowest BCUT2D eigenvalue weighted by Crippen LogP contribution is -2.15. The Balaban J connectivity index is 2.29. The Morgan fingerprint density at radius 2 is 2.11 bits per heavy atom. The summed E-state index contributed by atoms with van der Waals surface area (Å²) >= 11 is 3.36. The molecule has 1 amide bonds. The van der Waals surface area contributed by atoms with Crippen molar-refractivity contribution in [2.24, 2.45) is 0 Å². The van der Waals surface area contributed by atoms with E-state index >= 15 is 0 Å². The minimum atomic E-state index is -0.340. The van der Waals surface area contributed by atoms with E-state index in [1.807, 2.05) is 13.0 Å². The molecule has 0 atom stereocenters. The summed E-state index contributed by atoms with van der Waals surface area (Å²) < 4.78 is 0.711. The van der Waals surface area contributed by atoms with Crippen LogP contribution in [0.4, 0.5) is 11.4 Å². The highest BCUT2D eigenvalue weighted by atomic mass is 79.9. The van der Waals surface area contributed by atoms with Crippen LogP contribution in [0.2, 0.25) is 0 Å². The van der Waals surface area contributed by atoms with Crippen LogP contribution in [0.3, 0.4) is 0 Å². The minimum Gasteiger partial charge on any atom is -0.397 e. The molecular weight excluding hydrogens is 310 g/mol. The van der Waals surface area contributed by atoms with E-state index in [1.165, 1.54) is 18.3 Å². The lowest BCUT2D eigenvalue weighted by molar-refractivity contribution is 0.102. The molecule has 0 aliphatic carbocycles. The van der Waals surface area contributed by atoms with Gasteiger partial charge in [-0.1, -0.05) is 0 Å². The van der Waals surface area contributed by atoms with Gasteiger partial charge in [-0.05, 0) is 46.6 Å². The Kier molecular flexibility index (Phi) is 3.71. The second kappa shape index (κ2) is 5.27. The van der Waals surface area contributed by atoms with E-state index in [9.17, 15) is 9.59 Å². The molecule has 0 radical (unpaired) electrons. The quantitative estimate of drug-likeness (QED) is 0.741. The zero-order valence-corrected chi connectivity index (χ0v) is 11.7. The second-order valence-corrected chi connectivity index (χ2v) is 4.96. The number of anilines is 2. The first-order valence-corrected chi connectivity index (χ1v) is 6.32. The van der Waals surface area contributed by atoms with Gasteiger partial charge in [0.15, 0.2) is 0 Å². The molecule has 0 fully saturated rings. The largest absolute Gasteiger partial charge is 0.397 e. The number of nitrogen functional groups attached to an aromatic ring is 1. The molecule has 0 spiro atoms. The average Bonchev–Trinajstić information content (AvgIpc) is 2.34. The maximum absolute atomic E-state index is 12.0. The summed E-state index contributed by atoms with van der Waals surface area (Å²) in [6, 6.07) is 6.38. The van der Waals surface area contributed by atoms with Crippen LogP contribution < -0.4 is 16.6 Å². The Hall–Kier alpha value is -2.08. The van der Waals surface area contributed by atoms with Crippen LogP contribution in [0.5, 0.6) is 0 Å². The zero-order valence-electron chi connectivity index (χ0n) is 10.2. The Bertz CT molecular complexity index is 651. The number of aryl methyl sites for hydroxylation is 1. The van der Waals surface area contributed by atoms with Gasteiger partial charge in [0.1, 0.15) is 0 Å². The highest BCUT2D eigenvalue weighted by Gasteiger charge is 2.11. The Morgan fingerprint density at radius 1 is 1.37 bits per heavy atom. The summed E-state index contributed by atoms with van der Waals surface area (Å²) in [4.78, 5) is 25.4. The van der Waals surface area contributed by atoms with Gasteiger partial charge < -0.3 is 16.0 Å². The fraction of sp³-hybridized carbons (Fsp3) is 0.0769. The highest BCUT2D eigenvalue weighted by Crippen LogP contribution is 2.30. The van der Waals surface area contributed by atoms with E-state index in [-0.39, 0.29) is 11.5 Å². The van der Waals surface area contributed by atoms with Crippen molar-refractivity contribution in [3.8, 4) is 0 Å². The number of hydrogen-bond acceptors (Lipinski definition) is 3. The van der Waals surface area contributed by atoms with Gasteiger partial charge >= 0.3 is 0 Å². The first-order valence-electron chi connectivity index (χ1n) is 5.53. The van der Waals surface area contributed by atoms with Crippen LogP contribution in [-0.2, 0) is 0 Å². The topological polar surface area (TPSA) is 88.0 Å². The smallest absolute Gasteiger partial charge is 0.257 e. The molecule has 1 aromatic heterocycles. The highest BCUT2D eigenvalue weighted by molar-refractivity contribution is 9.10.